The standard InChI is InChI=1S/C23H26N4O4S/c28-13-3-10-27-22(30)19-4-1-2-5-20(19)25-23(27)32-16-21(29)24-17-6-8-18(9-7-17)26-11-14-31-15-12-26/h1-2,4-9,28H,3,10-16H2,(H,24,29). The molecule has 4 rings (SSSR count). The number of nitrogens with zero attached hydrogens (tertiary/aromatic N) is 3. The van der Waals surface area contributed by atoms with Gasteiger partial charge < -0.3 is 20.1 Å². The Hall–Kier alpha value is -2.88. The van der Waals surface area contributed by atoms with Gasteiger partial charge in [0.1, 0.15) is 0 Å². The van der Waals surface area contributed by atoms with E-state index in [0.29, 0.717) is 29.0 Å². The fraction of sp³-hybridized carbons (Fsp3) is 0.348. The van der Waals surface area contributed by atoms with Crippen LogP contribution in [0.5, 0.6) is 0 Å². The number of benzene rings is 2. The summed E-state index contributed by atoms with van der Waals surface area (Å²) in [6.07, 6.45) is 0.440. The molecule has 2 heterocycles. The van der Waals surface area contributed by atoms with Crippen LogP contribution < -0.4 is 15.8 Å². The molecule has 1 aliphatic rings. The number of para-hydroxylation sites is 1. The van der Waals surface area contributed by atoms with Gasteiger partial charge in [0, 0.05) is 37.6 Å². The molecule has 0 atom stereocenters. The number of carbonyl (C=O) groups is 1. The molecule has 1 aliphatic heterocycles. The number of aromatic nitrogens is 2. The molecule has 2 aromatic carbocycles. The van der Waals surface area contributed by atoms with Crippen LogP contribution in [0.2, 0.25) is 0 Å². The molecule has 0 saturated carbocycles. The number of hydrogen-bond acceptors (Lipinski definition) is 7. The zero-order chi connectivity index (χ0) is 22.3. The molecule has 9 heteroatoms. The molecule has 0 unspecified atom stereocenters. The summed E-state index contributed by atoms with van der Waals surface area (Å²) in [5.41, 5.74) is 2.26. The number of amides is 1. The number of nitrogens with one attached hydrogen (secondary N) is 1. The van der Waals surface area contributed by atoms with E-state index in [1.165, 1.54) is 16.3 Å². The summed E-state index contributed by atoms with van der Waals surface area (Å²) >= 11 is 1.22. The lowest BCUT2D eigenvalue weighted by molar-refractivity contribution is -0.113. The van der Waals surface area contributed by atoms with Crippen LogP contribution in [0, 0.1) is 0 Å². The molecule has 168 valence electrons. The van der Waals surface area contributed by atoms with Crippen molar-refractivity contribution in [2.45, 2.75) is 18.1 Å². The van der Waals surface area contributed by atoms with E-state index in [9.17, 15) is 14.7 Å². The number of morpholine rings is 1. The fourth-order valence-electron chi connectivity index (χ4n) is 3.59. The molecule has 1 saturated heterocycles. The second-order valence-electron chi connectivity index (χ2n) is 7.43. The van der Waals surface area contributed by atoms with Gasteiger partial charge in [0.25, 0.3) is 5.56 Å². The molecular weight excluding hydrogens is 428 g/mol. The van der Waals surface area contributed by atoms with Gasteiger partial charge in [0.05, 0.1) is 29.9 Å². The maximum absolute atomic E-state index is 12.9. The van der Waals surface area contributed by atoms with Crippen LogP contribution in [0.4, 0.5) is 11.4 Å². The number of thioether (sulfide) groups is 1. The Kier molecular flexibility index (Phi) is 7.41. The molecule has 0 aliphatic carbocycles. The lowest BCUT2D eigenvalue weighted by atomic mass is 10.2. The minimum absolute atomic E-state index is 0.0235. The second-order valence-corrected chi connectivity index (χ2v) is 8.37. The smallest absolute Gasteiger partial charge is 0.262 e. The van der Waals surface area contributed by atoms with Crippen LogP contribution in [0.1, 0.15) is 6.42 Å². The number of rotatable bonds is 8. The fourth-order valence-corrected chi connectivity index (χ4v) is 4.41. The molecular formula is C23H26N4O4S. The number of aliphatic hydroxyl groups excluding tert-OH is 1. The number of carbonyl (C=O) groups excluding carboxylic acids is 1. The third-order valence-corrected chi connectivity index (χ3v) is 6.20. The molecule has 3 aromatic rings. The Balaban J connectivity index is 1.42. The summed E-state index contributed by atoms with van der Waals surface area (Å²) in [4.78, 5) is 32.2. The average Bonchev–Trinajstić information content (AvgIpc) is 2.83. The first-order valence-electron chi connectivity index (χ1n) is 10.6. The van der Waals surface area contributed by atoms with Crippen LogP contribution in [-0.4, -0.2) is 59.2 Å². The lowest BCUT2D eigenvalue weighted by Gasteiger charge is -2.28. The van der Waals surface area contributed by atoms with E-state index in [4.69, 9.17) is 4.74 Å². The van der Waals surface area contributed by atoms with Crippen LogP contribution >= 0.6 is 11.8 Å². The van der Waals surface area contributed by atoms with E-state index in [2.05, 4.69) is 15.2 Å². The molecule has 32 heavy (non-hydrogen) atoms. The Morgan fingerprint density at radius 2 is 1.88 bits per heavy atom. The first kappa shape index (κ1) is 22.3. The Labute approximate surface area is 190 Å². The van der Waals surface area contributed by atoms with Crippen molar-refractivity contribution in [3.63, 3.8) is 0 Å². The average molecular weight is 455 g/mol. The molecule has 0 spiro atoms. The van der Waals surface area contributed by atoms with E-state index in [1.54, 1.807) is 18.2 Å². The van der Waals surface area contributed by atoms with Gasteiger partial charge in [-0.05, 0) is 42.8 Å². The number of hydrogen-bond donors (Lipinski definition) is 2. The highest BCUT2D eigenvalue weighted by Crippen LogP contribution is 2.21. The first-order valence-corrected chi connectivity index (χ1v) is 11.6. The monoisotopic (exact) mass is 454 g/mol. The second kappa shape index (κ2) is 10.6. The molecule has 0 bridgehead atoms. The molecule has 2 N–H and O–H groups in total. The van der Waals surface area contributed by atoms with Crippen molar-refractivity contribution in [3.8, 4) is 0 Å². The Morgan fingerprint density at radius 3 is 2.62 bits per heavy atom. The van der Waals surface area contributed by atoms with Crippen molar-refractivity contribution in [2.24, 2.45) is 0 Å². The third-order valence-electron chi connectivity index (χ3n) is 5.23. The van der Waals surface area contributed by atoms with Crippen molar-refractivity contribution < 1.29 is 14.6 Å². The van der Waals surface area contributed by atoms with E-state index < -0.39 is 0 Å². The summed E-state index contributed by atoms with van der Waals surface area (Å²) in [6.45, 7) is 3.49. The molecule has 0 radical (unpaired) electrons. The highest BCUT2D eigenvalue weighted by molar-refractivity contribution is 7.99. The van der Waals surface area contributed by atoms with Gasteiger partial charge in [-0.3, -0.25) is 14.2 Å². The summed E-state index contributed by atoms with van der Waals surface area (Å²) < 4.78 is 6.92. The van der Waals surface area contributed by atoms with E-state index in [-0.39, 0.29) is 23.8 Å². The van der Waals surface area contributed by atoms with Gasteiger partial charge in [0.2, 0.25) is 5.91 Å². The minimum Gasteiger partial charge on any atom is -0.396 e. The Morgan fingerprint density at radius 1 is 1.12 bits per heavy atom. The summed E-state index contributed by atoms with van der Waals surface area (Å²) in [7, 11) is 0. The van der Waals surface area contributed by atoms with Gasteiger partial charge in [-0.15, -0.1) is 0 Å². The van der Waals surface area contributed by atoms with Crippen LogP contribution in [-0.2, 0) is 16.1 Å². The predicted molar refractivity (Wildman–Crippen MR) is 127 cm³/mol. The van der Waals surface area contributed by atoms with Gasteiger partial charge in [0.15, 0.2) is 5.16 Å². The molecule has 1 fully saturated rings. The lowest BCUT2D eigenvalue weighted by Crippen LogP contribution is -2.36. The number of ether oxygens (including phenoxy) is 1. The highest BCUT2D eigenvalue weighted by atomic mass is 32.2. The van der Waals surface area contributed by atoms with Crippen molar-refractivity contribution in [2.75, 3.05) is 48.9 Å². The zero-order valence-electron chi connectivity index (χ0n) is 17.7. The van der Waals surface area contributed by atoms with Crippen LogP contribution in [0.25, 0.3) is 10.9 Å². The largest absolute Gasteiger partial charge is 0.396 e. The summed E-state index contributed by atoms with van der Waals surface area (Å²) in [5.74, 6) is -0.0555. The summed E-state index contributed by atoms with van der Waals surface area (Å²) in [5, 5.41) is 13.1. The molecule has 1 amide bonds. The van der Waals surface area contributed by atoms with Crippen LogP contribution in [0.3, 0.4) is 0 Å². The maximum atomic E-state index is 12.9. The van der Waals surface area contributed by atoms with E-state index in [1.807, 2.05) is 30.3 Å². The number of aliphatic hydroxyl groups is 1. The first-order chi connectivity index (χ1) is 15.7. The van der Waals surface area contributed by atoms with Gasteiger partial charge in [-0.2, -0.15) is 0 Å². The number of fused-ring (bicyclic) bond motifs is 1. The van der Waals surface area contributed by atoms with Gasteiger partial charge in [-0.1, -0.05) is 23.9 Å². The van der Waals surface area contributed by atoms with Gasteiger partial charge >= 0.3 is 0 Å². The SMILES string of the molecule is O=C(CSc1nc2ccccc2c(=O)n1CCCO)Nc1ccc(N2CCOCC2)cc1. The minimum atomic E-state index is -0.176. The Bertz CT molecular complexity index is 1130. The quantitative estimate of drug-likeness (QED) is 0.398. The van der Waals surface area contributed by atoms with E-state index >= 15 is 0 Å². The molecule has 8 nitrogen and oxygen atoms in total. The van der Waals surface area contributed by atoms with Crippen molar-refractivity contribution in [1.82, 2.24) is 9.55 Å². The van der Waals surface area contributed by atoms with Crippen molar-refractivity contribution in [3.05, 3.63) is 58.9 Å². The summed E-state index contributed by atoms with van der Waals surface area (Å²) in [6, 6.07) is 14.9. The van der Waals surface area contributed by atoms with Crippen molar-refractivity contribution >= 4 is 39.9 Å². The molecule has 1 aromatic heterocycles. The van der Waals surface area contributed by atoms with Crippen molar-refractivity contribution in [1.29, 1.82) is 0 Å². The third kappa shape index (κ3) is 5.29. The maximum Gasteiger partial charge on any atom is 0.262 e. The number of anilines is 2. The topological polar surface area (TPSA) is 96.7 Å². The predicted octanol–water partition coefficient (Wildman–Crippen LogP) is 2.35. The van der Waals surface area contributed by atoms with Gasteiger partial charge in [-0.25, -0.2) is 4.98 Å². The van der Waals surface area contributed by atoms with Crippen LogP contribution in [0.15, 0.2) is 58.5 Å². The highest BCUT2D eigenvalue weighted by Gasteiger charge is 2.14. The normalized spacial score (nSPS) is 14.0. The zero-order valence-corrected chi connectivity index (χ0v) is 18.5. The van der Waals surface area contributed by atoms with E-state index in [0.717, 1.165) is 37.7 Å².